The fraction of sp³-hybridized carbons (Fsp3) is 0.143. The van der Waals surface area contributed by atoms with Crippen molar-refractivity contribution in [3.05, 3.63) is 47.5 Å². The van der Waals surface area contributed by atoms with E-state index in [0.717, 1.165) is 16.7 Å². The maximum atomic E-state index is 9.78. The summed E-state index contributed by atoms with van der Waals surface area (Å²) in [7, 11) is 0. The van der Waals surface area contributed by atoms with E-state index in [0.29, 0.717) is 5.56 Å². The average Bonchev–Trinajstić information content (AvgIpc) is 2.20. The van der Waals surface area contributed by atoms with E-state index < -0.39 is 0 Å². The van der Waals surface area contributed by atoms with Crippen LogP contribution in [0.2, 0.25) is 0 Å². The zero-order valence-corrected chi connectivity index (χ0v) is 9.36. The van der Waals surface area contributed by atoms with E-state index in [9.17, 15) is 10.2 Å². The zero-order chi connectivity index (χ0) is 11.7. The van der Waals surface area contributed by atoms with E-state index in [4.69, 9.17) is 0 Å². The van der Waals surface area contributed by atoms with Crippen molar-refractivity contribution in [2.75, 3.05) is 0 Å². The van der Waals surface area contributed by atoms with Crippen molar-refractivity contribution < 1.29 is 10.2 Å². The monoisotopic (exact) mass is 214 g/mol. The van der Waals surface area contributed by atoms with Gasteiger partial charge in [-0.05, 0) is 25.5 Å². The number of phenols is 2. The van der Waals surface area contributed by atoms with Crippen LogP contribution in [0.25, 0.3) is 11.1 Å². The molecule has 0 aromatic heterocycles. The molecule has 0 saturated heterocycles. The van der Waals surface area contributed by atoms with Gasteiger partial charge in [-0.25, -0.2) is 0 Å². The van der Waals surface area contributed by atoms with E-state index in [1.54, 1.807) is 12.1 Å². The van der Waals surface area contributed by atoms with Gasteiger partial charge in [0.25, 0.3) is 0 Å². The maximum absolute atomic E-state index is 9.78. The molecule has 0 amide bonds. The summed E-state index contributed by atoms with van der Waals surface area (Å²) in [5, 5.41) is 19.2. The van der Waals surface area contributed by atoms with Crippen molar-refractivity contribution in [1.29, 1.82) is 0 Å². The second-order valence-corrected chi connectivity index (χ2v) is 4.05. The van der Waals surface area contributed by atoms with E-state index in [1.807, 2.05) is 26.0 Å². The Labute approximate surface area is 94.8 Å². The fourth-order valence-corrected chi connectivity index (χ4v) is 1.89. The van der Waals surface area contributed by atoms with Crippen molar-refractivity contribution in [2.45, 2.75) is 13.8 Å². The molecule has 0 unspecified atom stereocenters. The Morgan fingerprint density at radius 2 is 1.50 bits per heavy atom. The molecule has 2 N–H and O–H groups in total. The molecule has 2 rings (SSSR count). The molecule has 0 fully saturated rings. The topological polar surface area (TPSA) is 40.5 Å². The molecule has 0 aliphatic carbocycles. The Morgan fingerprint density at radius 1 is 0.875 bits per heavy atom. The summed E-state index contributed by atoms with van der Waals surface area (Å²) in [5.74, 6) is -0.149. The minimum absolute atomic E-state index is 0.0625. The predicted octanol–water partition coefficient (Wildman–Crippen LogP) is 3.38. The first-order valence-electron chi connectivity index (χ1n) is 5.17. The van der Waals surface area contributed by atoms with Gasteiger partial charge in [0.05, 0.1) is 0 Å². The molecule has 2 nitrogen and oxygen atoms in total. The second-order valence-electron chi connectivity index (χ2n) is 4.05. The largest absolute Gasteiger partial charge is 0.504 e. The van der Waals surface area contributed by atoms with Gasteiger partial charge in [0, 0.05) is 5.56 Å². The summed E-state index contributed by atoms with van der Waals surface area (Å²) in [6.45, 7) is 4.02. The Kier molecular flexibility index (Phi) is 2.57. The number of aryl methyl sites for hydroxylation is 2. The molecule has 0 heterocycles. The summed E-state index contributed by atoms with van der Waals surface area (Å²) in [4.78, 5) is 0. The van der Waals surface area contributed by atoms with Crippen LogP contribution in [0.1, 0.15) is 11.1 Å². The minimum atomic E-state index is -0.0864. The van der Waals surface area contributed by atoms with Crippen molar-refractivity contribution in [3.8, 4) is 22.6 Å². The first kappa shape index (κ1) is 10.6. The molecule has 2 aromatic carbocycles. The van der Waals surface area contributed by atoms with E-state index in [2.05, 4.69) is 6.07 Å². The van der Waals surface area contributed by atoms with Gasteiger partial charge in [-0.15, -0.1) is 0 Å². The second kappa shape index (κ2) is 3.89. The molecule has 0 aliphatic rings. The third-order valence-corrected chi connectivity index (χ3v) is 2.55. The molecule has 2 aromatic rings. The number of aromatic hydroxyl groups is 2. The molecule has 0 saturated carbocycles. The Bertz CT molecular complexity index is 510. The Balaban J connectivity index is 2.63. The molecular formula is C14H14O2. The van der Waals surface area contributed by atoms with Gasteiger partial charge in [-0.1, -0.05) is 41.5 Å². The lowest BCUT2D eigenvalue weighted by atomic mass is 10.00. The van der Waals surface area contributed by atoms with Crippen LogP contribution in [0.4, 0.5) is 0 Å². The number of phenolic OH excluding ortho intramolecular Hbond substituents is 2. The normalized spacial score (nSPS) is 10.4. The van der Waals surface area contributed by atoms with Crippen molar-refractivity contribution in [2.24, 2.45) is 0 Å². The van der Waals surface area contributed by atoms with Gasteiger partial charge in [0.15, 0.2) is 11.5 Å². The van der Waals surface area contributed by atoms with E-state index >= 15 is 0 Å². The van der Waals surface area contributed by atoms with Crippen LogP contribution >= 0.6 is 0 Å². The summed E-state index contributed by atoms with van der Waals surface area (Å²) >= 11 is 0. The number of rotatable bonds is 1. The van der Waals surface area contributed by atoms with Crippen molar-refractivity contribution in [1.82, 2.24) is 0 Å². The molecular weight excluding hydrogens is 200 g/mol. The standard InChI is InChI=1S/C14H14O2/c1-9-6-10(2)8-11(7-9)12-4-3-5-13(15)14(12)16/h3-8,15-16H,1-2H3. The molecule has 0 radical (unpaired) electrons. The smallest absolute Gasteiger partial charge is 0.165 e. The zero-order valence-electron chi connectivity index (χ0n) is 9.36. The number of benzene rings is 2. The number of para-hydroxylation sites is 1. The summed E-state index contributed by atoms with van der Waals surface area (Å²) in [5.41, 5.74) is 3.85. The van der Waals surface area contributed by atoms with Gasteiger partial charge in [0.1, 0.15) is 0 Å². The quantitative estimate of drug-likeness (QED) is 0.714. The molecule has 2 heteroatoms. The third kappa shape index (κ3) is 1.87. The van der Waals surface area contributed by atoms with Gasteiger partial charge in [-0.2, -0.15) is 0 Å². The van der Waals surface area contributed by atoms with Crippen molar-refractivity contribution >= 4 is 0 Å². The van der Waals surface area contributed by atoms with Crippen molar-refractivity contribution in [3.63, 3.8) is 0 Å². The lowest BCUT2D eigenvalue weighted by molar-refractivity contribution is 0.405. The molecule has 0 spiro atoms. The first-order valence-corrected chi connectivity index (χ1v) is 5.17. The maximum Gasteiger partial charge on any atom is 0.165 e. The summed E-state index contributed by atoms with van der Waals surface area (Å²) < 4.78 is 0. The highest BCUT2D eigenvalue weighted by atomic mass is 16.3. The molecule has 82 valence electrons. The third-order valence-electron chi connectivity index (χ3n) is 2.55. The Morgan fingerprint density at radius 3 is 2.12 bits per heavy atom. The highest BCUT2D eigenvalue weighted by molar-refractivity contribution is 5.73. The molecule has 0 atom stereocenters. The average molecular weight is 214 g/mol. The highest BCUT2D eigenvalue weighted by Gasteiger charge is 2.08. The number of hydrogen-bond donors (Lipinski definition) is 2. The van der Waals surface area contributed by atoms with Crippen LogP contribution in [-0.4, -0.2) is 10.2 Å². The first-order chi connectivity index (χ1) is 7.58. The van der Waals surface area contributed by atoms with Crippen LogP contribution in [0.5, 0.6) is 11.5 Å². The van der Waals surface area contributed by atoms with Crippen LogP contribution < -0.4 is 0 Å². The van der Waals surface area contributed by atoms with Gasteiger partial charge in [-0.3, -0.25) is 0 Å². The van der Waals surface area contributed by atoms with Crippen LogP contribution in [-0.2, 0) is 0 Å². The number of hydrogen-bond acceptors (Lipinski definition) is 2. The van der Waals surface area contributed by atoms with Crippen LogP contribution in [0.15, 0.2) is 36.4 Å². The summed E-state index contributed by atoms with van der Waals surface area (Å²) in [6, 6.07) is 11.0. The van der Waals surface area contributed by atoms with Gasteiger partial charge >= 0.3 is 0 Å². The van der Waals surface area contributed by atoms with E-state index in [-0.39, 0.29) is 11.5 Å². The molecule has 0 bridgehead atoms. The molecule has 16 heavy (non-hydrogen) atoms. The van der Waals surface area contributed by atoms with Gasteiger partial charge < -0.3 is 10.2 Å². The lowest BCUT2D eigenvalue weighted by Crippen LogP contribution is -1.83. The minimum Gasteiger partial charge on any atom is -0.504 e. The fourth-order valence-electron chi connectivity index (χ4n) is 1.89. The van der Waals surface area contributed by atoms with E-state index in [1.165, 1.54) is 6.07 Å². The Hall–Kier alpha value is -1.96. The van der Waals surface area contributed by atoms with Crippen LogP contribution in [0.3, 0.4) is 0 Å². The summed E-state index contributed by atoms with van der Waals surface area (Å²) in [6.07, 6.45) is 0. The molecule has 0 aliphatic heterocycles. The SMILES string of the molecule is Cc1cc(C)cc(-c2cccc(O)c2O)c1. The van der Waals surface area contributed by atoms with Gasteiger partial charge in [0.2, 0.25) is 0 Å². The lowest BCUT2D eigenvalue weighted by Gasteiger charge is -2.08. The van der Waals surface area contributed by atoms with Crippen LogP contribution in [0, 0.1) is 13.8 Å². The highest BCUT2D eigenvalue weighted by Crippen LogP contribution is 2.36. The predicted molar refractivity (Wildman–Crippen MR) is 64.7 cm³/mol.